The van der Waals surface area contributed by atoms with Crippen molar-refractivity contribution in [1.82, 2.24) is 24.5 Å². The molecule has 0 aliphatic heterocycles. The van der Waals surface area contributed by atoms with Gasteiger partial charge in [-0.3, -0.25) is 4.98 Å². The summed E-state index contributed by atoms with van der Waals surface area (Å²) in [5, 5.41) is 2.79. The van der Waals surface area contributed by atoms with Crippen LogP contribution in [-0.2, 0) is 6.18 Å². The van der Waals surface area contributed by atoms with Crippen molar-refractivity contribution in [3.05, 3.63) is 47.0 Å². The number of terminal acetylenes is 1. The van der Waals surface area contributed by atoms with Crippen molar-refractivity contribution in [2.45, 2.75) is 6.18 Å². The zero-order valence-electron chi connectivity index (χ0n) is 12.4. The number of aromatic nitrogens is 5. The van der Waals surface area contributed by atoms with Gasteiger partial charge in [0.25, 0.3) is 0 Å². The van der Waals surface area contributed by atoms with Crippen LogP contribution in [0.25, 0.3) is 16.7 Å². The lowest BCUT2D eigenvalue weighted by Gasteiger charge is -2.13. The Hall–Kier alpha value is -3.48. The normalized spacial score (nSPS) is 11.3. The molecule has 3 heterocycles. The van der Waals surface area contributed by atoms with E-state index in [1.807, 2.05) is 0 Å². The lowest BCUT2D eigenvalue weighted by molar-refractivity contribution is -0.144. The Kier molecular flexibility index (Phi) is 4.06. The number of hydrogen-bond donors (Lipinski definition) is 1. The first-order valence-corrected chi connectivity index (χ1v) is 6.86. The van der Waals surface area contributed by atoms with E-state index in [9.17, 15) is 18.0 Å². The molecule has 126 valence electrons. The SMILES string of the molecule is C#CCNc1nc(=O)n(-c2cccnc2)c2nc(C(F)(F)F)ncc12. The molecule has 0 spiro atoms. The molecule has 0 bridgehead atoms. The maximum absolute atomic E-state index is 13.0. The third kappa shape index (κ3) is 3.12. The van der Waals surface area contributed by atoms with Gasteiger partial charge >= 0.3 is 11.9 Å². The Bertz CT molecular complexity index is 1020. The predicted octanol–water partition coefficient (Wildman–Crippen LogP) is 1.63. The average Bonchev–Trinajstić information content (AvgIpc) is 2.59. The molecule has 0 saturated heterocycles. The van der Waals surface area contributed by atoms with Gasteiger partial charge in [-0.1, -0.05) is 5.92 Å². The van der Waals surface area contributed by atoms with Crippen molar-refractivity contribution in [3.63, 3.8) is 0 Å². The van der Waals surface area contributed by atoms with Gasteiger partial charge in [-0.25, -0.2) is 19.3 Å². The molecule has 3 aromatic rings. The van der Waals surface area contributed by atoms with Crippen LogP contribution in [0.5, 0.6) is 0 Å². The Balaban J connectivity index is 2.36. The van der Waals surface area contributed by atoms with Crippen molar-refractivity contribution in [2.24, 2.45) is 0 Å². The molecule has 3 rings (SSSR count). The van der Waals surface area contributed by atoms with Gasteiger partial charge in [0.15, 0.2) is 5.65 Å². The molecule has 0 fully saturated rings. The summed E-state index contributed by atoms with van der Waals surface area (Å²) in [6, 6.07) is 3.03. The Morgan fingerprint density at radius 2 is 2.08 bits per heavy atom. The molecule has 0 amide bonds. The third-order valence-corrected chi connectivity index (χ3v) is 3.15. The largest absolute Gasteiger partial charge is 0.451 e. The average molecular weight is 346 g/mol. The second-order valence-electron chi connectivity index (χ2n) is 4.78. The van der Waals surface area contributed by atoms with Crippen molar-refractivity contribution >= 4 is 16.9 Å². The van der Waals surface area contributed by atoms with Crippen LogP contribution in [0, 0.1) is 12.3 Å². The van der Waals surface area contributed by atoms with Crippen LogP contribution in [-0.4, -0.2) is 31.0 Å². The van der Waals surface area contributed by atoms with Gasteiger partial charge < -0.3 is 5.32 Å². The molecule has 0 aromatic carbocycles. The summed E-state index contributed by atoms with van der Waals surface area (Å²) in [6.45, 7) is 0.0273. The summed E-state index contributed by atoms with van der Waals surface area (Å²) in [5.74, 6) is 0.929. The predicted molar refractivity (Wildman–Crippen MR) is 83.0 cm³/mol. The first-order valence-electron chi connectivity index (χ1n) is 6.86. The summed E-state index contributed by atoms with van der Waals surface area (Å²) in [5.41, 5.74) is -0.859. The van der Waals surface area contributed by atoms with Crippen LogP contribution >= 0.6 is 0 Å². The van der Waals surface area contributed by atoms with E-state index < -0.39 is 17.7 Å². The van der Waals surface area contributed by atoms with Gasteiger partial charge in [0.2, 0.25) is 5.82 Å². The number of fused-ring (bicyclic) bond motifs is 1. The number of rotatable bonds is 3. The summed E-state index contributed by atoms with van der Waals surface area (Å²) < 4.78 is 39.8. The van der Waals surface area contributed by atoms with Gasteiger partial charge in [0.05, 0.1) is 23.8 Å². The van der Waals surface area contributed by atoms with E-state index in [4.69, 9.17) is 6.42 Å². The van der Waals surface area contributed by atoms with E-state index in [-0.39, 0.29) is 29.1 Å². The maximum atomic E-state index is 13.0. The molecular weight excluding hydrogens is 337 g/mol. The maximum Gasteiger partial charge on any atom is 0.451 e. The van der Waals surface area contributed by atoms with E-state index in [2.05, 4.69) is 31.2 Å². The van der Waals surface area contributed by atoms with Crippen LogP contribution in [0.3, 0.4) is 0 Å². The fraction of sp³-hybridized carbons (Fsp3) is 0.133. The summed E-state index contributed by atoms with van der Waals surface area (Å²) in [6.07, 6.45) is 4.11. The highest BCUT2D eigenvalue weighted by molar-refractivity contribution is 5.87. The van der Waals surface area contributed by atoms with Gasteiger partial charge in [-0.05, 0) is 12.1 Å². The smallest absolute Gasteiger partial charge is 0.358 e. The standard InChI is InChI=1S/C15H9F3N6O/c1-2-5-20-11-10-8-21-13(15(16,17)18)23-12(10)24(14(25)22-11)9-4-3-6-19-7-9/h1,3-4,6-8H,5H2,(H,20,22,25). The van der Waals surface area contributed by atoms with Crippen LogP contribution in [0.4, 0.5) is 19.0 Å². The quantitative estimate of drug-likeness (QED) is 0.726. The first kappa shape index (κ1) is 16.4. The summed E-state index contributed by atoms with van der Waals surface area (Å²) >= 11 is 0. The fourth-order valence-electron chi connectivity index (χ4n) is 2.13. The third-order valence-electron chi connectivity index (χ3n) is 3.15. The molecule has 7 nitrogen and oxygen atoms in total. The van der Waals surface area contributed by atoms with Gasteiger partial charge in [-0.2, -0.15) is 18.2 Å². The number of pyridine rings is 1. The molecule has 0 aliphatic carbocycles. The molecule has 0 saturated carbocycles. The van der Waals surface area contributed by atoms with E-state index in [1.165, 1.54) is 24.5 Å². The molecule has 25 heavy (non-hydrogen) atoms. The molecule has 0 atom stereocenters. The minimum Gasteiger partial charge on any atom is -0.358 e. The molecule has 1 N–H and O–H groups in total. The van der Waals surface area contributed by atoms with E-state index >= 15 is 0 Å². The van der Waals surface area contributed by atoms with Gasteiger partial charge in [0, 0.05) is 12.4 Å². The molecule has 0 unspecified atom stereocenters. The Morgan fingerprint density at radius 3 is 2.72 bits per heavy atom. The topological polar surface area (TPSA) is 85.6 Å². The highest BCUT2D eigenvalue weighted by Gasteiger charge is 2.35. The van der Waals surface area contributed by atoms with Crippen LogP contribution in [0.15, 0.2) is 35.5 Å². The summed E-state index contributed by atoms with van der Waals surface area (Å²) in [4.78, 5) is 26.9. The number of nitrogens with one attached hydrogen (secondary N) is 1. The van der Waals surface area contributed by atoms with E-state index in [1.54, 1.807) is 0 Å². The lowest BCUT2D eigenvalue weighted by atomic mass is 10.3. The van der Waals surface area contributed by atoms with Crippen molar-refractivity contribution < 1.29 is 13.2 Å². The number of nitrogens with zero attached hydrogens (tertiary/aromatic N) is 5. The van der Waals surface area contributed by atoms with Crippen LogP contribution in [0.2, 0.25) is 0 Å². The molecule has 3 aromatic heterocycles. The molecular formula is C15H9F3N6O. The van der Waals surface area contributed by atoms with E-state index in [0.717, 1.165) is 10.8 Å². The minimum absolute atomic E-state index is 0.00631. The zero-order valence-corrected chi connectivity index (χ0v) is 12.4. The second kappa shape index (κ2) is 6.20. The molecule has 10 heteroatoms. The molecule has 0 aliphatic rings. The van der Waals surface area contributed by atoms with Gasteiger partial charge in [0.1, 0.15) is 5.82 Å². The summed E-state index contributed by atoms with van der Waals surface area (Å²) in [7, 11) is 0. The monoisotopic (exact) mass is 346 g/mol. The first-order chi connectivity index (χ1) is 11.9. The number of alkyl halides is 3. The number of hydrogen-bond acceptors (Lipinski definition) is 6. The lowest BCUT2D eigenvalue weighted by Crippen LogP contribution is -2.25. The second-order valence-corrected chi connectivity index (χ2v) is 4.78. The molecule has 0 radical (unpaired) electrons. The minimum atomic E-state index is -4.76. The van der Waals surface area contributed by atoms with E-state index in [0.29, 0.717) is 0 Å². The Morgan fingerprint density at radius 1 is 1.28 bits per heavy atom. The number of anilines is 1. The number of halogens is 3. The highest BCUT2D eigenvalue weighted by atomic mass is 19.4. The zero-order chi connectivity index (χ0) is 18.0. The van der Waals surface area contributed by atoms with Crippen LogP contribution in [0.1, 0.15) is 5.82 Å². The fourth-order valence-corrected chi connectivity index (χ4v) is 2.13. The van der Waals surface area contributed by atoms with Gasteiger partial charge in [-0.15, -0.1) is 6.42 Å². The van der Waals surface area contributed by atoms with Crippen molar-refractivity contribution in [3.8, 4) is 18.0 Å². The van der Waals surface area contributed by atoms with Crippen LogP contribution < -0.4 is 11.0 Å². The van der Waals surface area contributed by atoms with Crippen molar-refractivity contribution in [2.75, 3.05) is 11.9 Å². The highest BCUT2D eigenvalue weighted by Crippen LogP contribution is 2.28. The van der Waals surface area contributed by atoms with Crippen molar-refractivity contribution in [1.29, 1.82) is 0 Å². The Labute approximate surface area is 138 Å².